The third-order valence-electron chi connectivity index (χ3n) is 6.06. The molecule has 3 amide bonds. The van der Waals surface area contributed by atoms with Crippen molar-refractivity contribution in [3.8, 4) is 5.75 Å². The van der Waals surface area contributed by atoms with Gasteiger partial charge in [-0.3, -0.25) is 24.1 Å². The van der Waals surface area contributed by atoms with Crippen molar-refractivity contribution in [2.24, 2.45) is 7.05 Å². The van der Waals surface area contributed by atoms with Gasteiger partial charge in [-0.25, -0.2) is 9.48 Å². The van der Waals surface area contributed by atoms with Crippen LogP contribution in [0.15, 0.2) is 40.7 Å². The van der Waals surface area contributed by atoms with Crippen LogP contribution < -0.4 is 10.6 Å². The average Bonchev–Trinajstić information content (AvgIpc) is 3.34. The number of methoxy groups -OCH3 is 1. The minimum atomic E-state index is -2.19. The molecule has 17 nitrogen and oxygen atoms in total. The van der Waals surface area contributed by atoms with Gasteiger partial charge in [-0.15, -0.1) is 5.10 Å². The van der Waals surface area contributed by atoms with Crippen molar-refractivity contribution in [2.45, 2.75) is 23.0 Å². The number of nitrogens with zero attached hydrogens (tertiary/aromatic N) is 5. The number of ether oxygens (including phenoxy) is 2. The predicted molar refractivity (Wildman–Crippen MR) is 130 cm³/mol. The molecule has 5 N–H and O–H groups in total. The van der Waals surface area contributed by atoms with E-state index in [1.807, 2.05) is 0 Å². The fourth-order valence-electron chi connectivity index (χ4n) is 4.16. The van der Waals surface area contributed by atoms with E-state index in [4.69, 9.17) is 14.6 Å². The lowest BCUT2D eigenvalue weighted by Gasteiger charge is -2.55. The summed E-state index contributed by atoms with van der Waals surface area (Å²) in [6, 6.07) is 4.97. The van der Waals surface area contributed by atoms with Gasteiger partial charge in [-0.1, -0.05) is 23.9 Å². The average molecular weight is 578 g/mol. The molecule has 0 aliphatic carbocycles. The number of aromatic nitrogens is 4. The maximum absolute atomic E-state index is 13.4. The molecule has 40 heavy (non-hydrogen) atoms. The van der Waals surface area contributed by atoms with Crippen molar-refractivity contribution in [3.63, 3.8) is 0 Å². The van der Waals surface area contributed by atoms with Crippen LogP contribution in [0.2, 0.25) is 0 Å². The third-order valence-corrected chi connectivity index (χ3v) is 7.16. The number of phenols is 1. The van der Waals surface area contributed by atoms with Crippen molar-refractivity contribution in [3.05, 3.63) is 41.1 Å². The fraction of sp³-hybridized carbons (Fsp3) is 0.364. The monoisotopic (exact) mass is 577 g/mol. The highest BCUT2D eigenvalue weighted by Crippen LogP contribution is 2.41. The fourth-order valence-corrected chi connectivity index (χ4v) is 5.00. The summed E-state index contributed by atoms with van der Waals surface area (Å²) in [7, 11) is 2.69. The van der Waals surface area contributed by atoms with Gasteiger partial charge in [0, 0.05) is 19.9 Å². The molecule has 2 aliphatic rings. The topological polar surface area (TPSA) is 235 Å². The molecule has 3 heterocycles. The molecule has 3 atom stereocenters. The van der Waals surface area contributed by atoms with Crippen LogP contribution >= 0.6 is 11.8 Å². The lowest BCUT2D eigenvalue weighted by Crippen LogP contribution is -2.83. The number of aryl methyl sites for hydroxylation is 1. The van der Waals surface area contributed by atoms with Gasteiger partial charge in [-0.05, 0) is 33.7 Å². The lowest BCUT2D eigenvalue weighted by molar-refractivity contribution is -0.258. The van der Waals surface area contributed by atoms with E-state index in [2.05, 4.69) is 26.2 Å². The summed E-state index contributed by atoms with van der Waals surface area (Å²) >= 11 is 1.12. The Labute approximate surface area is 229 Å². The number of carbonyl (C=O) groups is 5. The maximum atomic E-state index is 13.4. The van der Waals surface area contributed by atoms with Gasteiger partial charge in [0.25, 0.3) is 11.6 Å². The number of tetrazole rings is 1. The number of nitrogens with one attached hydrogen (secondary N) is 2. The van der Waals surface area contributed by atoms with Gasteiger partial charge in [0.05, 0.1) is 6.61 Å². The molecular weight excluding hydrogens is 554 g/mol. The number of thioether (sulfide) groups is 1. The highest BCUT2D eigenvalue weighted by Gasteiger charge is 2.68. The number of aromatic hydroxyl groups is 1. The molecule has 4 rings (SSSR count). The number of rotatable bonds is 11. The van der Waals surface area contributed by atoms with Crippen LogP contribution in [0.5, 0.6) is 5.75 Å². The summed E-state index contributed by atoms with van der Waals surface area (Å²) in [4.78, 5) is 63.6. The second-order valence-electron chi connectivity index (χ2n) is 8.53. The predicted octanol–water partition coefficient (Wildman–Crippen LogP) is -2.01. The number of aliphatic carboxylic acids is 2. The van der Waals surface area contributed by atoms with Crippen LogP contribution in [0.4, 0.5) is 0 Å². The van der Waals surface area contributed by atoms with Crippen molar-refractivity contribution in [2.75, 3.05) is 26.0 Å². The molecule has 1 unspecified atom stereocenters. The Balaban J connectivity index is 1.59. The molecule has 2 aromatic rings. The molecule has 0 saturated carbocycles. The normalized spacial score (nSPS) is 20.8. The summed E-state index contributed by atoms with van der Waals surface area (Å²) < 4.78 is 12.5. The summed E-state index contributed by atoms with van der Waals surface area (Å²) in [6.07, 6.45) is -1.40. The lowest BCUT2D eigenvalue weighted by atomic mass is 9.91. The maximum Gasteiger partial charge on any atom is 0.352 e. The number of carboxylic acid groups (broad SMARTS) is 2. The molecule has 18 heteroatoms. The SMILES string of the molecule is CO[C@@]1(NC(=O)C(C(=O)NCC(=O)O)c2ccc(O)cc2)C(=O)N2C(C(=O)O)=C(CSc3nnnn3C)CO[C@@H]21. The third kappa shape index (κ3) is 5.18. The number of fused-ring (bicyclic) bond motifs is 1. The standard InChI is InChI=1S/C22H23N7O10S/c1-28-21(25-26-27-28)40-9-11-8-39-20-22(38-2,19(37)29(20)15(11)18(35)36)24-17(34)14(16(33)23-7-13(31)32)10-3-5-12(30)6-4-10/h3-6,14,20,30H,7-9H2,1-2H3,(H,23,33)(H,24,34)(H,31,32)(H,35,36)/t14?,20-,22+/m1/s1. The van der Waals surface area contributed by atoms with Crippen LogP contribution in [0.1, 0.15) is 11.5 Å². The van der Waals surface area contributed by atoms with Gasteiger partial charge in [0.1, 0.15) is 23.9 Å². The first-order chi connectivity index (χ1) is 19.0. The largest absolute Gasteiger partial charge is 0.508 e. The summed E-state index contributed by atoms with van der Waals surface area (Å²) in [5, 5.41) is 44.3. The molecule has 1 aromatic heterocycles. The summed E-state index contributed by atoms with van der Waals surface area (Å²) in [5.41, 5.74) is -2.23. The Kier molecular flexibility index (Phi) is 8.03. The Hall–Kier alpha value is -4.55. The van der Waals surface area contributed by atoms with E-state index < -0.39 is 54.1 Å². The minimum absolute atomic E-state index is 0.0707. The zero-order valence-electron chi connectivity index (χ0n) is 20.9. The van der Waals surface area contributed by atoms with Gasteiger partial charge < -0.3 is 35.4 Å². The number of benzene rings is 1. The number of phenolic OH excluding ortho intramolecular Hbond substituents is 1. The minimum Gasteiger partial charge on any atom is -0.508 e. The quantitative estimate of drug-likeness (QED) is 0.0840. The second kappa shape index (κ2) is 11.3. The van der Waals surface area contributed by atoms with E-state index in [1.165, 1.54) is 28.9 Å². The van der Waals surface area contributed by atoms with Crippen LogP contribution in [-0.2, 0) is 40.5 Å². The van der Waals surface area contributed by atoms with Crippen LogP contribution in [-0.4, -0.2) is 108 Å². The van der Waals surface area contributed by atoms with Crippen molar-refractivity contribution in [1.82, 2.24) is 35.7 Å². The first-order valence-corrected chi connectivity index (χ1v) is 12.4. The van der Waals surface area contributed by atoms with E-state index in [0.29, 0.717) is 5.16 Å². The number of hydrogen-bond acceptors (Lipinski definition) is 12. The van der Waals surface area contributed by atoms with Crippen molar-refractivity contribution >= 4 is 41.4 Å². The molecular formula is C22H23N7O10S. The molecule has 1 fully saturated rings. The van der Waals surface area contributed by atoms with E-state index in [1.54, 1.807) is 7.05 Å². The van der Waals surface area contributed by atoms with E-state index in [-0.39, 0.29) is 34.9 Å². The van der Waals surface area contributed by atoms with E-state index >= 15 is 0 Å². The van der Waals surface area contributed by atoms with Crippen LogP contribution in [0.25, 0.3) is 0 Å². The summed E-state index contributed by atoms with van der Waals surface area (Å²) in [6.45, 7) is -1.03. The van der Waals surface area contributed by atoms with Gasteiger partial charge in [-0.2, -0.15) is 0 Å². The first-order valence-electron chi connectivity index (χ1n) is 11.4. The van der Waals surface area contributed by atoms with Gasteiger partial charge >= 0.3 is 11.9 Å². The molecule has 1 aromatic carbocycles. The number of carbonyl (C=O) groups excluding carboxylic acids is 3. The first kappa shape index (κ1) is 28.5. The Morgan fingerprint density at radius 1 is 1.23 bits per heavy atom. The number of hydrogen-bond donors (Lipinski definition) is 5. The zero-order chi connectivity index (χ0) is 29.2. The Morgan fingerprint density at radius 3 is 2.50 bits per heavy atom. The van der Waals surface area contributed by atoms with Crippen molar-refractivity contribution < 1.29 is 48.8 Å². The van der Waals surface area contributed by atoms with E-state index in [9.17, 15) is 34.2 Å². The molecule has 212 valence electrons. The summed E-state index contributed by atoms with van der Waals surface area (Å²) in [5.74, 6) is -7.56. The van der Waals surface area contributed by atoms with Crippen LogP contribution in [0.3, 0.4) is 0 Å². The molecule has 0 radical (unpaired) electrons. The van der Waals surface area contributed by atoms with Gasteiger partial charge in [0.15, 0.2) is 6.23 Å². The molecule has 0 spiro atoms. The number of carboxylic acids is 2. The highest BCUT2D eigenvalue weighted by molar-refractivity contribution is 7.99. The molecule has 2 aliphatic heterocycles. The molecule has 0 bridgehead atoms. The van der Waals surface area contributed by atoms with Crippen LogP contribution in [0, 0.1) is 0 Å². The zero-order valence-corrected chi connectivity index (χ0v) is 21.7. The number of β-lactam (4-membered cyclic amide) rings is 1. The smallest absolute Gasteiger partial charge is 0.352 e. The van der Waals surface area contributed by atoms with Crippen molar-refractivity contribution in [1.29, 1.82) is 0 Å². The Bertz CT molecular complexity index is 1390. The Morgan fingerprint density at radius 2 is 1.93 bits per heavy atom. The highest BCUT2D eigenvalue weighted by atomic mass is 32.2. The number of amides is 3. The second-order valence-corrected chi connectivity index (χ2v) is 9.48. The molecule has 1 saturated heterocycles. The van der Waals surface area contributed by atoms with Gasteiger partial charge in [0.2, 0.25) is 17.0 Å². The van der Waals surface area contributed by atoms with E-state index in [0.717, 1.165) is 23.8 Å².